The number of aromatic nitrogens is 1. The normalized spacial score (nSPS) is 10.7. The maximum absolute atomic E-state index is 5.29. The van der Waals surface area contributed by atoms with Gasteiger partial charge in [0.2, 0.25) is 0 Å². The minimum atomic E-state index is 0.591. The highest BCUT2D eigenvalue weighted by atomic mass is 32.1. The van der Waals surface area contributed by atoms with E-state index in [4.69, 9.17) is 10.5 Å². The largest absolute Gasteiger partial charge is 0.379 e. The van der Waals surface area contributed by atoms with Gasteiger partial charge in [0, 0.05) is 30.7 Å². The molecule has 3 N–H and O–H groups in total. The Labute approximate surface area is 88.5 Å². The molecule has 0 saturated heterocycles. The number of nitrogens with two attached hydrogens (primary N) is 1. The molecule has 0 aromatic carbocycles. The van der Waals surface area contributed by atoms with Gasteiger partial charge in [0.1, 0.15) is 0 Å². The Kier molecular flexibility index (Phi) is 5.70. The zero-order valence-corrected chi connectivity index (χ0v) is 9.27. The average molecular weight is 215 g/mol. The zero-order chi connectivity index (χ0) is 10.2. The van der Waals surface area contributed by atoms with Gasteiger partial charge < -0.3 is 15.8 Å². The highest BCUT2D eigenvalue weighted by molar-refractivity contribution is 7.11. The van der Waals surface area contributed by atoms with Crippen molar-refractivity contribution in [3.63, 3.8) is 0 Å². The second-order valence-corrected chi connectivity index (χ2v) is 4.24. The van der Waals surface area contributed by atoms with Crippen molar-refractivity contribution in [1.29, 1.82) is 0 Å². The number of ether oxygens (including phenoxy) is 1. The molecule has 4 nitrogen and oxygen atoms in total. The lowest BCUT2D eigenvalue weighted by molar-refractivity contribution is 0.143. The van der Waals surface area contributed by atoms with Crippen molar-refractivity contribution in [2.45, 2.75) is 13.5 Å². The first-order valence-electron chi connectivity index (χ1n) is 4.72. The Morgan fingerprint density at radius 2 is 2.43 bits per heavy atom. The number of aryl methyl sites for hydroxylation is 1. The maximum Gasteiger partial charge on any atom is 0.0897 e. The molecule has 1 aromatic rings. The van der Waals surface area contributed by atoms with Crippen LogP contribution < -0.4 is 11.1 Å². The Balaban J connectivity index is 1.99. The summed E-state index contributed by atoms with van der Waals surface area (Å²) in [7, 11) is 0. The highest BCUT2D eigenvalue weighted by Crippen LogP contribution is 2.10. The van der Waals surface area contributed by atoms with Crippen molar-refractivity contribution < 1.29 is 4.74 Å². The Morgan fingerprint density at radius 3 is 3.07 bits per heavy atom. The molecule has 0 saturated carbocycles. The topological polar surface area (TPSA) is 60.2 Å². The predicted molar refractivity (Wildman–Crippen MR) is 58.4 cm³/mol. The van der Waals surface area contributed by atoms with E-state index in [1.165, 1.54) is 4.88 Å². The monoisotopic (exact) mass is 215 g/mol. The molecule has 0 bridgehead atoms. The van der Waals surface area contributed by atoms with Gasteiger partial charge in [-0.05, 0) is 6.92 Å². The molecule has 1 heterocycles. The number of hydrogen-bond acceptors (Lipinski definition) is 5. The fourth-order valence-electron chi connectivity index (χ4n) is 1.03. The molecule has 0 atom stereocenters. The molecule has 1 rings (SSSR count). The number of hydrogen-bond donors (Lipinski definition) is 2. The van der Waals surface area contributed by atoms with Crippen molar-refractivity contribution in [2.75, 3.05) is 26.3 Å². The molecule has 0 aliphatic rings. The van der Waals surface area contributed by atoms with Gasteiger partial charge in [0.25, 0.3) is 0 Å². The van der Waals surface area contributed by atoms with Gasteiger partial charge in [-0.25, -0.2) is 4.98 Å². The zero-order valence-electron chi connectivity index (χ0n) is 8.45. The summed E-state index contributed by atoms with van der Waals surface area (Å²) in [6, 6.07) is 0. The second-order valence-electron chi connectivity index (χ2n) is 2.92. The van der Waals surface area contributed by atoms with Crippen LogP contribution in [0.5, 0.6) is 0 Å². The number of rotatable bonds is 7. The van der Waals surface area contributed by atoms with E-state index >= 15 is 0 Å². The lowest BCUT2D eigenvalue weighted by Crippen LogP contribution is -2.20. The van der Waals surface area contributed by atoms with Crippen LogP contribution in [-0.2, 0) is 11.3 Å². The van der Waals surface area contributed by atoms with Gasteiger partial charge >= 0.3 is 0 Å². The molecular weight excluding hydrogens is 198 g/mol. The maximum atomic E-state index is 5.29. The van der Waals surface area contributed by atoms with E-state index in [-0.39, 0.29) is 0 Å². The van der Waals surface area contributed by atoms with Crippen LogP contribution in [0.3, 0.4) is 0 Å². The molecule has 0 aliphatic heterocycles. The number of thiazole rings is 1. The molecule has 0 aliphatic carbocycles. The predicted octanol–water partition coefficient (Wildman–Crippen LogP) is 0.516. The van der Waals surface area contributed by atoms with Gasteiger partial charge in [0.15, 0.2) is 0 Å². The molecule has 0 unspecified atom stereocenters. The smallest absolute Gasteiger partial charge is 0.0897 e. The van der Waals surface area contributed by atoms with Crippen molar-refractivity contribution in [2.24, 2.45) is 5.73 Å². The minimum Gasteiger partial charge on any atom is -0.379 e. The Bertz CT molecular complexity index is 252. The highest BCUT2D eigenvalue weighted by Gasteiger charge is 1.96. The summed E-state index contributed by atoms with van der Waals surface area (Å²) in [4.78, 5) is 5.44. The van der Waals surface area contributed by atoms with Crippen molar-refractivity contribution in [3.05, 3.63) is 16.1 Å². The van der Waals surface area contributed by atoms with Crippen LogP contribution in [0.4, 0.5) is 0 Å². The summed E-state index contributed by atoms with van der Waals surface area (Å²) in [5.41, 5.74) is 5.29. The molecule has 5 heteroatoms. The van der Waals surface area contributed by atoms with Crippen molar-refractivity contribution in [1.82, 2.24) is 10.3 Å². The molecule has 0 fully saturated rings. The van der Waals surface area contributed by atoms with E-state index in [2.05, 4.69) is 10.3 Å². The Hall–Kier alpha value is -0.490. The van der Waals surface area contributed by atoms with E-state index in [1.807, 2.05) is 13.1 Å². The summed E-state index contributed by atoms with van der Waals surface area (Å²) in [5.74, 6) is 0. The van der Waals surface area contributed by atoms with Gasteiger partial charge in [-0.1, -0.05) is 0 Å². The van der Waals surface area contributed by atoms with Crippen LogP contribution in [0.25, 0.3) is 0 Å². The SMILES string of the molecule is Cc1ncc(CNCCOCCN)s1. The van der Waals surface area contributed by atoms with E-state index < -0.39 is 0 Å². The van der Waals surface area contributed by atoms with Gasteiger partial charge in [-0.2, -0.15) is 0 Å². The quantitative estimate of drug-likeness (QED) is 0.651. The van der Waals surface area contributed by atoms with Crippen LogP contribution in [-0.4, -0.2) is 31.3 Å². The van der Waals surface area contributed by atoms with Crippen molar-refractivity contribution in [3.8, 4) is 0 Å². The second kappa shape index (κ2) is 6.89. The third kappa shape index (κ3) is 4.66. The van der Waals surface area contributed by atoms with Crippen LogP contribution in [0.15, 0.2) is 6.20 Å². The fraction of sp³-hybridized carbons (Fsp3) is 0.667. The number of nitrogens with one attached hydrogen (secondary N) is 1. The first-order valence-corrected chi connectivity index (χ1v) is 5.54. The molecule has 14 heavy (non-hydrogen) atoms. The van der Waals surface area contributed by atoms with E-state index in [0.29, 0.717) is 13.2 Å². The summed E-state index contributed by atoms with van der Waals surface area (Å²) >= 11 is 1.72. The first-order chi connectivity index (χ1) is 6.83. The molecule has 80 valence electrons. The Morgan fingerprint density at radius 1 is 1.57 bits per heavy atom. The molecule has 0 radical (unpaired) electrons. The number of nitrogens with zero attached hydrogens (tertiary/aromatic N) is 1. The molecule has 0 spiro atoms. The molecular formula is C9H17N3OS. The van der Waals surface area contributed by atoms with E-state index in [1.54, 1.807) is 11.3 Å². The third-order valence-electron chi connectivity index (χ3n) is 1.65. The lowest BCUT2D eigenvalue weighted by atomic mass is 10.5. The average Bonchev–Trinajstić information content (AvgIpc) is 2.58. The molecule has 1 aromatic heterocycles. The summed E-state index contributed by atoms with van der Waals surface area (Å²) in [6.45, 7) is 5.69. The van der Waals surface area contributed by atoms with Crippen LogP contribution in [0, 0.1) is 6.92 Å². The van der Waals surface area contributed by atoms with Gasteiger partial charge in [-0.3, -0.25) is 0 Å². The fourth-order valence-corrected chi connectivity index (χ4v) is 1.79. The van der Waals surface area contributed by atoms with Crippen molar-refractivity contribution >= 4 is 11.3 Å². The standard InChI is InChI=1S/C9H17N3OS/c1-8-12-7-9(14-8)6-11-3-5-13-4-2-10/h7,11H,2-6,10H2,1H3. The van der Waals surface area contributed by atoms with E-state index in [0.717, 1.165) is 24.7 Å². The summed E-state index contributed by atoms with van der Waals surface area (Å²) in [5, 5.41) is 4.39. The molecule has 0 amide bonds. The van der Waals surface area contributed by atoms with Gasteiger partial charge in [0.05, 0.1) is 18.2 Å². The van der Waals surface area contributed by atoms with Gasteiger partial charge in [-0.15, -0.1) is 11.3 Å². The van der Waals surface area contributed by atoms with Crippen LogP contribution in [0.1, 0.15) is 9.88 Å². The first kappa shape index (κ1) is 11.6. The summed E-state index contributed by atoms with van der Waals surface area (Å²) in [6.07, 6.45) is 1.91. The van der Waals surface area contributed by atoms with Crippen LogP contribution >= 0.6 is 11.3 Å². The minimum absolute atomic E-state index is 0.591. The van der Waals surface area contributed by atoms with Crippen LogP contribution in [0.2, 0.25) is 0 Å². The third-order valence-corrected chi connectivity index (χ3v) is 2.57. The lowest BCUT2D eigenvalue weighted by Gasteiger charge is -2.03. The van der Waals surface area contributed by atoms with E-state index in [9.17, 15) is 0 Å². The summed E-state index contributed by atoms with van der Waals surface area (Å²) < 4.78 is 5.23.